The van der Waals surface area contributed by atoms with Gasteiger partial charge in [0.05, 0.1) is 17.8 Å². The quantitative estimate of drug-likeness (QED) is 0.901. The van der Waals surface area contributed by atoms with Crippen LogP contribution in [0.3, 0.4) is 0 Å². The third-order valence-corrected chi connectivity index (χ3v) is 2.52. The summed E-state index contributed by atoms with van der Waals surface area (Å²) in [6.07, 6.45) is -3.66. The number of nitrogens with zero attached hydrogens (tertiary/aromatic N) is 2. The maximum Gasteiger partial charge on any atom is 0.389 e. The molecule has 0 radical (unpaired) electrons. The van der Waals surface area contributed by atoms with Gasteiger partial charge in [-0.1, -0.05) is 6.07 Å². The molecule has 0 aromatic carbocycles. The minimum Gasteiger partial charge on any atom is -0.388 e. The third-order valence-electron chi connectivity index (χ3n) is 2.52. The lowest BCUT2D eigenvalue weighted by molar-refractivity contribution is -0.140. The van der Waals surface area contributed by atoms with Crippen molar-refractivity contribution in [3.63, 3.8) is 0 Å². The van der Waals surface area contributed by atoms with Gasteiger partial charge < -0.3 is 5.11 Å². The molecule has 17 heavy (non-hydrogen) atoms. The van der Waals surface area contributed by atoms with Crippen LogP contribution in [-0.4, -0.2) is 20.9 Å². The average molecular weight is 244 g/mol. The van der Waals surface area contributed by atoms with Crippen molar-refractivity contribution in [2.45, 2.75) is 25.1 Å². The van der Waals surface area contributed by atoms with Crippen molar-refractivity contribution in [1.29, 1.82) is 0 Å². The van der Waals surface area contributed by atoms with Crippen molar-refractivity contribution >= 4 is 5.52 Å². The summed E-state index contributed by atoms with van der Waals surface area (Å²) in [6, 6.07) is 5.21. The fraction of sp³-hybridized carbons (Fsp3) is 0.364. The van der Waals surface area contributed by atoms with Gasteiger partial charge >= 0.3 is 6.18 Å². The number of pyridine rings is 1. The lowest BCUT2D eigenvalue weighted by Crippen LogP contribution is -2.09. The largest absolute Gasteiger partial charge is 0.389 e. The molecular weight excluding hydrogens is 233 g/mol. The van der Waals surface area contributed by atoms with Gasteiger partial charge in [-0.2, -0.15) is 18.3 Å². The van der Waals surface area contributed by atoms with E-state index >= 15 is 0 Å². The molecule has 2 aromatic heterocycles. The van der Waals surface area contributed by atoms with Crippen molar-refractivity contribution in [3.8, 4) is 0 Å². The molecule has 1 N–H and O–H groups in total. The summed E-state index contributed by atoms with van der Waals surface area (Å²) in [7, 11) is 0. The molecule has 3 nitrogen and oxygen atoms in total. The average Bonchev–Trinajstić information content (AvgIpc) is 2.68. The van der Waals surface area contributed by atoms with Crippen LogP contribution < -0.4 is 0 Å². The number of hydrogen-bond donors (Lipinski definition) is 1. The molecular formula is C11H11F3N2O. The number of fused-ring (bicyclic) bond motifs is 1. The molecule has 0 bridgehead atoms. The molecule has 0 aliphatic rings. The molecule has 2 heterocycles. The van der Waals surface area contributed by atoms with Gasteiger partial charge in [0.1, 0.15) is 0 Å². The van der Waals surface area contributed by atoms with Gasteiger partial charge in [-0.15, -0.1) is 0 Å². The number of aliphatic hydroxyl groups is 1. The van der Waals surface area contributed by atoms with Crippen LogP contribution in [0, 0.1) is 0 Å². The lowest BCUT2D eigenvalue weighted by Gasteiger charge is -2.11. The standard InChI is InChI=1S/C11H11F3N2O/c12-11(13,14)5-4-10(17)8-7-15-16-6-2-1-3-9(8)16/h1-3,6-7,10,17H,4-5H2. The third kappa shape index (κ3) is 2.76. The molecule has 0 spiro atoms. The second-order valence-electron chi connectivity index (χ2n) is 3.80. The number of rotatable bonds is 3. The van der Waals surface area contributed by atoms with Gasteiger partial charge in [-0.3, -0.25) is 0 Å². The Balaban J connectivity index is 2.16. The predicted octanol–water partition coefficient (Wildman–Crippen LogP) is 2.71. The SMILES string of the molecule is OC(CCC(F)(F)F)c1cnn2ccccc12. The Morgan fingerprint density at radius 1 is 1.35 bits per heavy atom. The van der Waals surface area contributed by atoms with Crippen LogP contribution in [0.1, 0.15) is 24.5 Å². The monoisotopic (exact) mass is 244 g/mol. The molecule has 2 rings (SSSR count). The van der Waals surface area contributed by atoms with Gasteiger partial charge in [0.2, 0.25) is 0 Å². The van der Waals surface area contributed by atoms with Gasteiger partial charge in [0.25, 0.3) is 0 Å². The van der Waals surface area contributed by atoms with Crippen LogP contribution in [0.2, 0.25) is 0 Å². The fourth-order valence-corrected chi connectivity index (χ4v) is 1.67. The van der Waals surface area contributed by atoms with Crippen LogP contribution in [0.25, 0.3) is 5.52 Å². The van der Waals surface area contributed by atoms with Crippen molar-refractivity contribution in [2.75, 3.05) is 0 Å². The first-order valence-electron chi connectivity index (χ1n) is 5.14. The van der Waals surface area contributed by atoms with E-state index in [1.807, 2.05) is 0 Å². The highest BCUT2D eigenvalue weighted by Gasteiger charge is 2.28. The summed E-state index contributed by atoms with van der Waals surface area (Å²) in [6.45, 7) is 0. The summed E-state index contributed by atoms with van der Waals surface area (Å²) in [5, 5.41) is 13.7. The molecule has 1 unspecified atom stereocenters. The van der Waals surface area contributed by atoms with Gasteiger partial charge in [-0.25, -0.2) is 4.52 Å². The molecule has 0 aliphatic carbocycles. The highest BCUT2D eigenvalue weighted by atomic mass is 19.4. The molecule has 0 amide bonds. The normalized spacial score (nSPS) is 14.1. The number of aliphatic hydroxyl groups excluding tert-OH is 1. The van der Waals surface area contributed by atoms with Crippen LogP contribution in [0.4, 0.5) is 13.2 Å². The molecule has 2 aromatic rings. The first-order valence-corrected chi connectivity index (χ1v) is 5.14. The Kier molecular flexibility index (Phi) is 3.06. The smallest absolute Gasteiger partial charge is 0.388 e. The van der Waals surface area contributed by atoms with Crippen molar-refractivity contribution in [3.05, 3.63) is 36.2 Å². The first-order chi connectivity index (χ1) is 7.97. The van der Waals surface area contributed by atoms with E-state index in [0.29, 0.717) is 11.1 Å². The molecule has 0 fully saturated rings. The fourth-order valence-electron chi connectivity index (χ4n) is 1.67. The topological polar surface area (TPSA) is 37.5 Å². The summed E-state index contributed by atoms with van der Waals surface area (Å²) in [4.78, 5) is 0. The predicted molar refractivity (Wildman–Crippen MR) is 55.4 cm³/mol. The molecule has 6 heteroatoms. The number of aromatic nitrogens is 2. The van der Waals surface area contributed by atoms with E-state index in [4.69, 9.17) is 0 Å². The Morgan fingerprint density at radius 2 is 2.12 bits per heavy atom. The summed E-state index contributed by atoms with van der Waals surface area (Å²) in [5.41, 5.74) is 1.05. The highest BCUT2D eigenvalue weighted by Crippen LogP contribution is 2.29. The Hall–Kier alpha value is -1.56. The Bertz CT molecular complexity index is 507. The minimum absolute atomic E-state index is 0.347. The Labute approximate surface area is 95.5 Å². The van der Waals surface area contributed by atoms with E-state index < -0.39 is 18.7 Å². The van der Waals surface area contributed by atoms with Crippen molar-refractivity contribution in [2.24, 2.45) is 0 Å². The van der Waals surface area contributed by atoms with Crippen LogP contribution >= 0.6 is 0 Å². The summed E-state index contributed by atoms with van der Waals surface area (Å²) >= 11 is 0. The van der Waals surface area contributed by atoms with Crippen LogP contribution in [0.5, 0.6) is 0 Å². The number of alkyl halides is 3. The number of halogens is 3. The molecule has 0 saturated heterocycles. The first kappa shape index (κ1) is 11.9. The van der Waals surface area contributed by atoms with E-state index in [9.17, 15) is 18.3 Å². The zero-order valence-electron chi connectivity index (χ0n) is 8.85. The van der Waals surface area contributed by atoms with Gasteiger partial charge in [-0.05, 0) is 18.6 Å². The Morgan fingerprint density at radius 3 is 2.82 bits per heavy atom. The van der Waals surface area contributed by atoms with Crippen molar-refractivity contribution in [1.82, 2.24) is 9.61 Å². The molecule has 0 aliphatic heterocycles. The molecule has 0 saturated carbocycles. The van der Waals surface area contributed by atoms with Crippen LogP contribution in [0.15, 0.2) is 30.6 Å². The summed E-state index contributed by atoms with van der Waals surface area (Å²) < 4.78 is 37.6. The molecule has 1 atom stereocenters. The van der Waals surface area contributed by atoms with Crippen LogP contribution in [-0.2, 0) is 0 Å². The minimum atomic E-state index is -4.25. The number of hydrogen-bond acceptors (Lipinski definition) is 2. The van der Waals surface area contributed by atoms with E-state index in [1.165, 1.54) is 10.7 Å². The van der Waals surface area contributed by atoms with E-state index in [0.717, 1.165) is 0 Å². The van der Waals surface area contributed by atoms with E-state index in [1.54, 1.807) is 24.4 Å². The van der Waals surface area contributed by atoms with Gasteiger partial charge in [0, 0.05) is 18.2 Å². The van der Waals surface area contributed by atoms with Gasteiger partial charge in [0.15, 0.2) is 0 Å². The summed E-state index contributed by atoms with van der Waals surface area (Å²) in [5.74, 6) is 0. The van der Waals surface area contributed by atoms with E-state index in [2.05, 4.69) is 5.10 Å². The zero-order chi connectivity index (χ0) is 12.5. The highest BCUT2D eigenvalue weighted by molar-refractivity contribution is 5.54. The zero-order valence-corrected chi connectivity index (χ0v) is 8.85. The lowest BCUT2D eigenvalue weighted by atomic mass is 10.1. The second kappa shape index (κ2) is 4.37. The second-order valence-corrected chi connectivity index (χ2v) is 3.80. The van der Waals surface area contributed by atoms with Crippen molar-refractivity contribution < 1.29 is 18.3 Å². The maximum atomic E-state index is 12.0. The van der Waals surface area contributed by atoms with E-state index in [-0.39, 0.29) is 6.42 Å². The molecule has 92 valence electrons. The maximum absolute atomic E-state index is 12.0.